The molecule has 0 saturated carbocycles. The zero-order valence-corrected chi connectivity index (χ0v) is 17.6. The van der Waals surface area contributed by atoms with E-state index in [-0.39, 0.29) is 12.0 Å². The average molecular weight is 413 g/mol. The van der Waals surface area contributed by atoms with Crippen molar-refractivity contribution in [3.8, 4) is 11.1 Å². The van der Waals surface area contributed by atoms with Gasteiger partial charge in [-0.15, -0.1) is 0 Å². The fourth-order valence-corrected chi connectivity index (χ4v) is 3.38. The van der Waals surface area contributed by atoms with E-state index in [1.165, 1.54) is 7.11 Å². The van der Waals surface area contributed by atoms with Crippen molar-refractivity contribution >= 4 is 17.6 Å². The quantitative estimate of drug-likeness (QED) is 0.458. The third kappa shape index (κ3) is 4.61. The molecule has 0 fully saturated rings. The Morgan fingerprint density at radius 1 is 1.06 bits per heavy atom. The van der Waals surface area contributed by atoms with Crippen molar-refractivity contribution in [2.75, 3.05) is 12.4 Å². The number of anilines is 2. The highest BCUT2D eigenvalue weighted by molar-refractivity contribution is 5.89. The molecule has 0 spiro atoms. The van der Waals surface area contributed by atoms with E-state index in [2.05, 4.69) is 52.4 Å². The molecule has 156 valence electrons. The average Bonchev–Trinajstić information content (AvgIpc) is 3.29. The molecule has 4 aromatic rings. The van der Waals surface area contributed by atoms with Crippen molar-refractivity contribution in [1.29, 1.82) is 0 Å². The summed E-state index contributed by atoms with van der Waals surface area (Å²) in [5, 5.41) is 7.81. The van der Waals surface area contributed by atoms with E-state index in [0.717, 1.165) is 27.9 Å². The van der Waals surface area contributed by atoms with E-state index in [4.69, 9.17) is 4.74 Å². The molecule has 0 saturated heterocycles. The highest BCUT2D eigenvalue weighted by Gasteiger charge is 2.13. The molecule has 7 heteroatoms. The van der Waals surface area contributed by atoms with Crippen molar-refractivity contribution in [3.05, 3.63) is 90.0 Å². The number of nitrogens with zero attached hydrogens (tertiary/aromatic N) is 4. The number of carbonyl (C=O) groups excluding carboxylic acids is 1. The largest absolute Gasteiger partial charge is 0.465 e. The summed E-state index contributed by atoms with van der Waals surface area (Å²) in [7, 11) is 1.38. The fraction of sp³-hybridized carbons (Fsp3) is 0.167. The van der Waals surface area contributed by atoms with Crippen LogP contribution in [0.25, 0.3) is 11.1 Å². The second kappa shape index (κ2) is 8.79. The maximum atomic E-state index is 11.6. The molecule has 1 unspecified atom stereocenters. The van der Waals surface area contributed by atoms with Gasteiger partial charge in [0, 0.05) is 29.8 Å². The lowest BCUT2D eigenvalue weighted by Gasteiger charge is -2.13. The molecule has 4 rings (SSSR count). The Morgan fingerprint density at radius 3 is 2.52 bits per heavy atom. The second-order valence-corrected chi connectivity index (χ2v) is 7.28. The Kier molecular flexibility index (Phi) is 5.75. The summed E-state index contributed by atoms with van der Waals surface area (Å²) in [6, 6.07) is 15.4. The number of aromatic nitrogens is 4. The van der Waals surface area contributed by atoms with Crippen LogP contribution >= 0.6 is 0 Å². The molecule has 2 aromatic heterocycles. The molecule has 1 N–H and O–H groups in total. The first-order valence-corrected chi connectivity index (χ1v) is 9.92. The lowest BCUT2D eigenvalue weighted by Crippen LogP contribution is -2.08. The Morgan fingerprint density at radius 2 is 1.81 bits per heavy atom. The van der Waals surface area contributed by atoms with Gasteiger partial charge in [0.25, 0.3) is 0 Å². The van der Waals surface area contributed by atoms with Crippen LogP contribution in [0.15, 0.2) is 73.3 Å². The van der Waals surface area contributed by atoms with E-state index >= 15 is 0 Å². The number of benzene rings is 2. The number of aryl methyl sites for hydroxylation is 1. The Hall–Kier alpha value is -4.00. The van der Waals surface area contributed by atoms with Crippen LogP contribution in [0, 0.1) is 6.92 Å². The van der Waals surface area contributed by atoms with Crippen LogP contribution in [0.5, 0.6) is 0 Å². The first-order valence-electron chi connectivity index (χ1n) is 9.92. The number of nitrogens with one attached hydrogen (secondary N) is 1. The number of ether oxygens (including phenoxy) is 1. The van der Waals surface area contributed by atoms with Crippen LogP contribution in [-0.2, 0) is 4.74 Å². The monoisotopic (exact) mass is 413 g/mol. The van der Waals surface area contributed by atoms with Gasteiger partial charge in [0.05, 0.1) is 24.9 Å². The van der Waals surface area contributed by atoms with E-state index in [1.54, 1.807) is 30.6 Å². The number of rotatable bonds is 6. The van der Waals surface area contributed by atoms with Gasteiger partial charge in [0.15, 0.2) is 0 Å². The Labute approximate surface area is 180 Å². The van der Waals surface area contributed by atoms with Crippen LogP contribution in [0.1, 0.15) is 34.5 Å². The zero-order chi connectivity index (χ0) is 21.8. The number of hydrogen-bond acceptors (Lipinski definition) is 6. The molecule has 31 heavy (non-hydrogen) atoms. The predicted molar refractivity (Wildman–Crippen MR) is 119 cm³/mol. The molecule has 2 heterocycles. The highest BCUT2D eigenvalue weighted by atomic mass is 16.5. The van der Waals surface area contributed by atoms with Crippen molar-refractivity contribution in [2.24, 2.45) is 0 Å². The van der Waals surface area contributed by atoms with E-state index in [0.29, 0.717) is 11.5 Å². The van der Waals surface area contributed by atoms with Crippen molar-refractivity contribution in [1.82, 2.24) is 19.7 Å². The van der Waals surface area contributed by atoms with Crippen LogP contribution < -0.4 is 5.32 Å². The molecule has 0 aliphatic heterocycles. The van der Waals surface area contributed by atoms with E-state index in [9.17, 15) is 4.79 Å². The molecule has 0 radical (unpaired) electrons. The maximum Gasteiger partial charge on any atom is 0.337 e. The third-order valence-electron chi connectivity index (χ3n) is 5.05. The molecule has 0 aliphatic carbocycles. The summed E-state index contributed by atoms with van der Waals surface area (Å²) >= 11 is 0. The molecule has 0 bridgehead atoms. The lowest BCUT2D eigenvalue weighted by atomic mass is 10.0. The third-order valence-corrected chi connectivity index (χ3v) is 5.05. The van der Waals surface area contributed by atoms with E-state index in [1.807, 2.05) is 29.2 Å². The number of carbonyl (C=O) groups is 1. The first-order chi connectivity index (χ1) is 15.0. The molecule has 0 amide bonds. The minimum atomic E-state index is -0.342. The molecule has 2 aromatic carbocycles. The molecule has 1 atom stereocenters. The van der Waals surface area contributed by atoms with Gasteiger partial charge < -0.3 is 10.1 Å². The molecule has 0 aliphatic rings. The van der Waals surface area contributed by atoms with Gasteiger partial charge in [-0.25, -0.2) is 14.8 Å². The van der Waals surface area contributed by atoms with Crippen LogP contribution in [0.4, 0.5) is 11.6 Å². The van der Waals surface area contributed by atoms with Gasteiger partial charge in [0.2, 0.25) is 5.95 Å². The maximum absolute atomic E-state index is 11.6. The Bertz CT molecular complexity index is 1190. The lowest BCUT2D eigenvalue weighted by molar-refractivity contribution is 0.0600. The number of methoxy groups -OCH3 is 1. The minimum absolute atomic E-state index is 0.0144. The fourth-order valence-electron chi connectivity index (χ4n) is 3.38. The van der Waals surface area contributed by atoms with Gasteiger partial charge in [-0.2, -0.15) is 5.10 Å². The van der Waals surface area contributed by atoms with Gasteiger partial charge in [0.1, 0.15) is 0 Å². The van der Waals surface area contributed by atoms with Gasteiger partial charge in [-0.1, -0.05) is 18.2 Å². The summed E-state index contributed by atoms with van der Waals surface area (Å²) in [5.41, 5.74) is 5.68. The van der Waals surface area contributed by atoms with Gasteiger partial charge in [-0.3, -0.25) is 4.68 Å². The van der Waals surface area contributed by atoms with Gasteiger partial charge in [-0.05, 0) is 60.9 Å². The smallest absolute Gasteiger partial charge is 0.337 e. The minimum Gasteiger partial charge on any atom is -0.465 e. The summed E-state index contributed by atoms with van der Waals surface area (Å²) in [5.74, 6) is 0.212. The zero-order valence-electron chi connectivity index (χ0n) is 17.6. The summed E-state index contributed by atoms with van der Waals surface area (Å²) in [6.45, 7) is 4.12. The first kappa shape index (κ1) is 20.3. The second-order valence-electron chi connectivity index (χ2n) is 7.28. The van der Waals surface area contributed by atoms with Crippen LogP contribution in [0.2, 0.25) is 0 Å². The normalized spacial score (nSPS) is 11.7. The standard InChI is InChI=1S/C24H23N5O2/c1-16-11-20(13-22(12-16)28-24-25-9-4-10-26-24)21-14-27-29(15-21)17(2)18-5-7-19(8-6-18)23(30)31-3/h4-15,17H,1-3H3,(H,25,26,28). The Balaban J connectivity index is 1.56. The SMILES string of the molecule is COC(=O)c1ccc(C(C)n2cc(-c3cc(C)cc(Nc4ncccn4)c3)cn2)cc1. The van der Waals surface area contributed by atoms with E-state index < -0.39 is 0 Å². The molecule has 7 nitrogen and oxygen atoms in total. The van der Waals surface area contributed by atoms with Crippen molar-refractivity contribution < 1.29 is 9.53 Å². The van der Waals surface area contributed by atoms with Gasteiger partial charge >= 0.3 is 5.97 Å². The van der Waals surface area contributed by atoms with Crippen LogP contribution in [0.3, 0.4) is 0 Å². The predicted octanol–water partition coefficient (Wildman–Crippen LogP) is 4.79. The summed E-state index contributed by atoms with van der Waals surface area (Å²) < 4.78 is 6.68. The summed E-state index contributed by atoms with van der Waals surface area (Å²) in [6.07, 6.45) is 7.29. The molecular formula is C24H23N5O2. The topological polar surface area (TPSA) is 81.9 Å². The molecular weight excluding hydrogens is 390 g/mol. The highest BCUT2D eigenvalue weighted by Crippen LogP contribution is 2.27. The summed E-state index contributed by atoms with van der Waals surface area (Å²) in [4.78, 5) is 20.1. The van der Waals surface area contributed by atoms with Crippen molar-refractivity contribution in [2.45, 2.75) is 19.9 Å². The van der Waals surface area contributed by atoms with Crippen LogP contribution in [-0.4, -0.2) is 32.8 Å². The van der Waals surface area contributed by atoms with Crippen molar-refractivity contribution in [3.63, 3.8) is 0 Å². The number of hydrogen-bond donors (Lipinski definition) is 1. The number of esters is 1.